The van der Waals surface area contributed by atoms with E-state index < -0.39 is 0 Å². The summed E-state index contributed by atoms with van der Waals surface area (Å²) < 4.78 is 9.31. The highest BCUT2D eigenvalue weighted by atomic mass is 32.1. The van der Waals surface area contributed by atoms with Gasteiger partial charge in [0.25, 0.3) is 0 Å². The fourth-order valence-corrected chi connectivity index (χ4v) is 0.508. The Morgan fingerprint density at radius 3 is 2.56 bits per heavy atom. The lowest BCUT2D eigenvalue weighted by Gasteiger charge is -2.00. The van der Waals surface area contributed by atoms with Gasteiger partial charge >= 0.3 is 0 Å². The fraction of sp³-hybridized carbons (Fsp3) is 1.00. The summed E-state index contributed by atoms with van der Waals surface area (Å²) in [5.41, 5.74) is 0. The van der Waals surface area contributed by atoms with Crippen molar-refractivity contribution in [3.8, 4) is 0 Å². The second kappa shape index (κ2) is 8.23. The molecule has 0 aliphatic carbocycles. The molecule has 0 spiro atoms. The zero-order valence-electron chi connectivity index (χ0n) is 5.59. The number of methoxy groups -OCH3 is 1. The van der Waals surface area contributed by atoms with Crippen LogP contribution < -0.4 is 5.32 Å². The van der Waals surface area contributed by atoms with E-state index in [0.29, 0.717) is 6.61 Å². The third-order valence-corrected chi connectivity index (χ3v) is 1.04. The molecule has 1 N–H and O–H groups in total. The normalized spacial score (nSPS) is 10.0. The Hall–Kier alpha value is 0.230. The van der Waals surface area contributed by atoms with Crippen molar-refractivity contribution in [3.05, 3.63) is 0 Å². The Labute approximate surface area is 61.3 Å². The fourth-order valence-electron chi connectivity index (χ4n) is 0.417. The van der Waals surface area contributed by atoms with Crippen LogP contribution in [0, 0.1) is 0 Å². The van der Waals surface area contributed by atoms with E-state index in [0.717, 1.165) is 19.7 Å². The quantitative estimate of drug-likeness (QED) is 0.320. The molecule has 4 heteroatoms. The molecule has 0 saturated carbocycles. The number of nitrogens with one attached hydrogen (secondary N) is 1. The predicted octanol–water partition coefficient (Wildman–Crippen LogP) is 0.0838. The number of ether oxygens (including phenoxy) is 1. The molecule has 0 atom stereocenters. The first kappa shape index (κ1) is 9.23. The van der Waals surface area contributed by atoms with Crippen molar-refractivity contribution in [1.82, 2.24) is 5.32 Å². The summed E-state index contributed by atoms with van der Waals surface area (Å²) >= 11 is 3.57. The van der Waals surface area contributed by atoms with Crippen molar-refractivity contribution in [3.63, 3.8) is 0 Å². The monoisotopic (exact) mass is 151 g/mol. The van der Waals surface area contributed by atoms with E-state index in [-0.39, 0.29) is 0 Å². The largest absolute Gasteiger partial charge is 0.383 e. The van der Waals surface area contributed by atoms with Gasteiger partial charge in [-0.1, -0.05) is 0 Å². The van der Waals surface area contributed by atoms with Crippen LogP contribution in [0.4, 0.5) is 0 Å². The van der Waals surface area contributed by atoms with Crippen LogP contribution in [0.25, 0.3) is 0 Å². The van der Waals surface area contributed by atoms with Crippen molar-refractivity contribution < 1.29 is 8.92 Å². The maximum Gasteiger partial charge on any atom is 0.0735 e. The second-order valence-corrected chi connectivity index (χ2v) is 1.83. The predicted molar refractivity (Wildman–Crippen MR) is 39.7 cm³/mol. The van der Waals surface area contributed by atoms with E-state index in [2.05, 4.69) is 22.4 Å². The maximum atomic E-state index is 4.80. The van der Waals surface area contributed by atoms with Gasteiger partial charge in [0.05, 0.1) is 13.2 Å². The van der Waals surface area contributed by atoms with Crippen molar-refractivity contribution >= 4 is 12.9 Å². The van der Waals surface area contributed by atoms with Crippen LogP contribution in [0.1, 0.15) is 0 Å². The molecule has 0 amide bonds. The topological polar surface area (TPSA) is 30.5 Å². The van der Waals surface area contributed by atoms with E-state index >= 15 is 0 Å². The van der Waals surface area contributed by atoms with Crippen LogP contribution >= 0.6 is 12.9 Å². The van der Waals surface area contributed by atoms with Gasteiger partial charge in [-0.05, 0) is 12.9 Å². The molecule has 0 heterocycles. The lowest BCUT2D eigenvalue weighted by Crippen LogP contribution is -2.22. The summed E-state index contributed by atoms with van der Waals surface area (Å²) in [6.07, 6.45) is 0. The molecule has 0 fully saturated rings. The molecule has 0 saturated heterocycles. The van der Waals surface area contributed by atoms with E-state index in [1.54, 1.807) is 7.11 Å². The van der Waals surface area contributed by atoms with Crippen LogP contribution in [0.5, 0.6) is 0 Å². The van der Waals surface area contributed by atoms with Crippen LogP contribution in [-0.4, -0.2) is 33.4 Å². The molecule has 0 aromatic rings. The van der Waals surface area contributed by atoms with Crippen LogP contribution in [0.15, 0.2) is 0 Å². The van der Waals surface area contributed by atoms with Gasteiger partial charge in [0.1, 0.15) is 0 Å². The molecule has 0 aliphatic rings. The SMILES string of the molecule is COCCNCCOS. The number of hydrogen-bond acceptors (Lipinski definition) is 4. The zero-order valence-corrected chi connectivity index (χ0v) is 6.49. The third-order valence-electron chi connectivity index (χ3n) is 0.853. The molecular weight excluding hydrogens is 138 g/mol. The van der Waals surface area contributed by atoms with Gasteiger partial charge in [-0.3, -0.25) is 0 Å². The first-order valence-corrected chi connectivity index (χ1v) is 3.24. The lowest BCUT2D eigenvalue weighted by atomic mass is 10.6. The van der Waals surface area contributed by atoms with Crippen LogP contribution in [-0.2, 0) is 8.92 Å². The van der Waals surface area contributed by atoms with Gasteiger partial charge in [0.2, 0.25) is 0 Å². The molecule has 0 unspecified atom stereocenters. The summed E-state index contributed by atoms with van der Waals surface area (Å²) in [5, 5.41) is 3.09. The Balaban J connectivity index is 2.60. The van der Waals surface area contributed by atoms with E-state index in [1.807, 2.05) is 0 Å². The van der Waals surface area contributed by atoms with Crippen molar-refractivity contribution in [1.29, 1.82) is 0 Å². The summed E-state index contributed by atoms with van der Waals surface area (Å²) in [6.45, 7) is 3.07. The molecule has 9 heavy (non-hydrogen) atoms. The highest BCUT2D eigenvalue weighted by Crippen LogP contribution is 1.73. The Bertz CT molecular complexity index is 48.2. The third kappa shape index (κ3) is 8.23. The summed E-state index contributed by atoms with van der Waals surface area (Å²) in [6, 6.07) is 0. The molecule has 0 bridgehead atoms. The number of hydrogen-bond donors (Lipinski definition) is 2. The average molecular weight is 151 g/mol. The summed E-state index contributed by atoms with van der Waals surface area (Å²) in [7, 11) is 1.68. The molecule has 3 nitrogen and oxygen atoms in total. The zero-order chi connectivity index (χ0) is 6.95. The van der Waals surface area contributed by atoms with Crippen LogP contribution in [0.3, 0.4) is 0 Å². The van der Waals surface area contributed by atoms with Crippen molar-refractivity contribution in [2.75, 3.05) is 33.4 Å². The molecule has 0 rings (SSSR count). The number of thiol groups is 1. The van der Waals surface area contributed by atoms with Gasteiger partial charge in [-0.15, -0.1) is 0 Å². The molecule has 56 valence electrons. The smallest absolute Gasteiger partial charge is 0.0735 e. The van der Waals surface area contributed by atoms with E-state index in [4.69, 9.17) is 4.74 Å². The highest BCUT2D eigenvalue weighted by Gasteiger charge is 1.83. The lowest BCUT2D eigenvalue weighted by molar-refractivity contribution is 0.198. The highest BCUT2D eigenvalue weighted by molar-refractivity contribution is 7.75. The minimum atomic E-state index is 0.632. The average Bonchev–Trinajstić information content (AvgIpc) is 1.89. The standard InChI is InChI=1S/C5H13NO2S/c1-7-4-2-6-3-5-8-9/h6,9H,2-5H2,1H3. The van der Waals surface area contributed by atoms with Gasteiger partial charge in [0.15, 0.2) is 0 Å². The van der Waals surface area contributed by atoms with E-state index in [1.165, 1.54) is 0 Å². The van der Waals surface area contributed by atoms with Crippen LogP contribution in [0.2, 0.25) is 0 Å². The Morgan fingerprint density at radius 2 is 2.00 bits per heavy atom. The van der Waals surface area contributed by atoms with Gasteiger partial charge in [-0.2, -0.15) is 0 Å². The first-order valence-electron chi connectivity index (χ1n) is 2.88. The second-order valence-electron chi connectivity index (χ2n) is 1.58. The van der Waals surface area contributed by atoms with Gasteiger partial charge in [0, 0.05) is 20.2 Å². The minimum absolute atomic E-state index is 0.632. The Kier molecular flexibility index (Phi) is 8.44. The molecule has 0 radical (unpaired) electrons. The maximum absolute atomic E-state index is 4.80. The summed E-state index contributed by atoms with van der Waals surface area (Å²) in [5.74, 6) is 0. The molecular formula is C5H13NO2S. The first-order chi connectivity index (χ1) is 4.41. The Morgan fingerprint density at radius 1 is 1.33 bits per heavy atom. The van der Waals surface area contributed by atoms with Crippen molar-refractivity contribution in [2.45, 2.75) is 0 Å². The number of rotatable bonds is 6. The van der Waals surface area contributed by atoms with E-state index in [9.17, 15) is 0 Å². The van der Waals surface area contributed by atoms with Gasteiger partial charge < -0.3 is 14.2 Å². The molecule has 0 aromatic carbocycles. The molecule has 0 aromatic heterocycles. The minimum Gasteiger partial charge on any atom is -0.383 e. The summed E-state index contributed by atoms with van der Waals surface area (Å²) in [4.78, 5) is 0. The molecule has 0 aliphatic heterocycles. The van der Waals surface area contributed by atoms with Crippen molar-refractivity contribution in [2.24, 2.45) is 0 Å². The van der Waals surface area contributed by atoms with Gasteiger partial charge in [-0.25, -0.2) is 0 Å².